The molecule has 0 aromatic carbocycles. The summed E-state index contributed by atoms with van der Waals surface area (Å²) in [5.74, 6) is -0.678. The van der Waals surface area contributed by atoms with Crippen molar-refractivity contribution in [3.05, 3.63) is 0 Å². The van der Waals surface area contributed by atoms with Crippen LogP contribution in [0.5, 0.6) is 0 Å². The first kappa shape index (κ1) is 13.0. The van der Waals surface area contributed by atoms with E-state index in [1.807, 2.05) is 11.8 Å². The highest BCUT2D eigenvalue weighted by atomic mass is 16.6. The van der Waals surface area contributed by atoms with E-state index in [-0.39, 0.29) is 18.0 Å². The number of nitrogens with zero attached hydrogens (tertiary/aromatic N) is 1. The first-order chi connectivity index (χ1) is 7.54. The van der Waals surface area contributed by atoms with Gasteiger partial charge in [0.1, 0.15) is 0 Å². The summed E-state index contributed by atoms with van der Waals surface area (Å²) in [4.78, 5) is 24.0. The minimum atomic E-state index is -0.430. The lowest BCUT2D eigenvalue weighted by atomic mass is 10.1. The van der Waals surface area contributed by atoms with E-state index in [1.54, 1.807) is 0 Å². The van der Waals surface area contributed by atoms with E-state index in [1.165, 1.54) is 13.8 Å². The molecule has 2 atom stereocenters. The average molecular weight is 229 g/mol. The van der Waals surface area contributed by atoms with Crippen LogP contribution in [0.4, 0.5) is 0 Å². The van der Waals surface area contributed by atoms with Gasteiger partial charge >= 0.3 is 11.9 Å². The Morgan fingerprint density at radius 3 is 2.38 bits per heavy atom. The van der Waals surface area contributed by atoms with E-state index in [9.17, 15) is 9.59 Å². The van der Waals surface area contributed by atoms with Crippen LogP contribution < -0.4 is 0 Å². The number of likely N-dealkylation sites (tertiary alicyclic amines) is 1. The van der Waals surface area contributed by atoms with E-state index in [0.717, 1.165) is 25.9 Å². The molecule has 0 N–H and O–H groups in total. The number of carbonyl (C=O) groups is 2. The Labute approximate surface area is 95.7 Å². The smallest absolute Gasteiger partial charge is 0.304 e. The summed E-state index contributed by atoms with van der Waals surface area (Å²) in [6.45, 7) is 6.37. The van der Waals surface area contributed by atoms with Crippen molar-refractivity contribution in [1.82, 2.24) is 4.90 Å². The summed E-state index contributed by atoms with van der Waals surface area (Å²) < 4.78 is 10.4. The molecular weight excluding hydrogens is 210 g/mol. The Kier molecular flexibility index (Phi) is 4.73. The Morgan fingerprint density at radius 2 is 1.88 bits per heavy atom. The molecule has 0 amide bonds. The lowest BCUT2D eigenvalue weighted by Gasteiger charge is -2.38. The van der Waals surface area contributed by atoms with Crippen LogP contribution in [0.25, 0.3) is 0 Å². The molecular formula is C11H19NO4. The monoisotopic (exact) mass is 229 g/mol. The van der Waals surface area contributed by atoms with Gasteiger partial charge in [-0.1, -0.05) is 6.92 Å². The van der Waals surface area contributed by atoms with Crippen LogP contribution in [0.15, 0.2) is 0 Å². The molecule has 2 unspecified atom stereocenters. The molecule has 16 heavy (non-hydrogen) atoms. The van der Waals surface area contributed by atoms with Crippen LogP contribution in [0.3, 0.4) is 0 Å². The number of piperidine rings is 1. The standard InChI is InChI=1S/C11H19NO4/c1-4-12-7-5-6-10(15-8(2)13)11(12)16-9(3)14/h10-11H,4-7H2,1-3H3. The van der Waals surface area contributed by atoms with Crippen LogP contribution in [-0.2, 0) is 19.1 Å². The lowest BCUT2D eigenvalue weighted by molar-refractivity contribution is -0.189. The van der Waals surface area contributed by atoms with Crippen molar-refractivity contribution in [1.29, 1.82) is 0 Å². The van der Waals surface area contributed by atoms with Gasteiger partial charge in [-0.2, -0.15) is 0 Å². The van der Waals surface area contributed by atoms with Gasteiger partial charge in [-0.05, 0) is 19.4 Å². The summed E-state index contributed by atoms with van der Waals surface area (Å²) >= 11 is 0. The zero-order valence-electron chi connectivity index (χ0n) is 10.1. The van der Waals surface area contributed by atoms with Crippen LogP contribution in [-0.4, -0.2) is 42.3 Å². The molecule has 5 nitrogen and oxygen atoms in total. The van der Waals surface area contributed by atoms with Gasteiger partial charge in [0.05, 0.1) is 0 Å². The number of rotatable bonds is 3. The van der Waals surface area contributed by atoms with E-state index in [2.05, 4.69) is 0 Å². The van der Waals surface area contributed by atoms with Crippen LogP contribution in [0.2, 0.25) is 0 Å². The van der Waals surface area contributed by atoms with Crippen molar-refractivity contribution in [2.24, 2.45) is 0 Å². The van der Waals surface area contributed by atoms with Crippen LogP contribution in [0.1, 0.15) is 33.6 Å². The van der Waals surface area contributed by atoms with Gasteiger partial charge < -0.3 is 9.47 Å². The maximum absolute atomic E-state index is 11.0. The summed E-state index contributed by atoms with van der Waals surface area (Å²) in [5.41, 5.74) is 0. The molecule has 1 saturated heterocycles. The second-order valence-corrected chi connectivity index (χ2v) is 3.92. The molecule has 0 bridgehead atoms. The molecule has 0 aromatic heterocycles. The second-order valence-electron chi connectivity index (χ2n) is 3.92. The molecule has 1 aliphatic rings. The van der Waals surface area contributed by atoms with Crippen LogP contribution >= 0.6 is 0 Å². The van der Waals surface area contributed by atoms with E-state index < -0.39 is 6.23 Å². The quantitative estimate of drug-likeness (QED) is 0.674. The first-order valence-corrected chi connectivity index (χ1v) is 5.63. The number of carbonyl (C=O) groups excluding carboxylic acids is 2. The third-order valence-electron chi connectivity index (χ3n) is 2.62. The van der Waals surface area contributed by atoms with Crippen molar-refractivity contribution in [2.45, 2.75) is 45.9 Å². The minimum absolute atomic E-state index is 0.333. The fourth-order valence-electron chi connectivity index (χ4n) is 1.99. The summed E-state index contributed by atoms with van der Waals surface area (Å²) in [6, 6.07) is 0. The summed E-state index contributed by atoms with van der Waals surface area (Å²) in [6.07, 6.45) is 0.924. The molecule has 1 fully saturated rings. The summed E-state index contributed by atoms with van der Waals surface area (Å²) in [7, 11) is 0. The van der Waals surface area contributed by atoms with E-state index >= 15 is 0 Å². The van der Waals surface area contributed by atoms with Crippen LogP contribution in [0, 0.1) is 0 Å². The van der Waals surface area contributed by atoms with Gasteiger partial charge in [0, 0.05) is 20.4 Å². The zero-order chi connectivity index (χ0) is 12.1. The molecule has 0 spiro atoms. The molecule has 0 aliphatic carbocycles. The Morgan fingerprint density at radius 1 is 1.25 bits per heavy atom. The van der Waals surface area contributed by atoms with E-state index in [0.29, 0.717) is 0 Å². The SMILES string of the molecule is CCN1CCCC(OC(C)=O)C1OC(C)=O. The van der Waals surface area contributed by atoms with Gasteiger partial charge in [0.25, 0.3) is 0 Å². The largest absolute Gasteiger partial charge is 0.457 e. The average Bonchev–Trinajstić information content (AvgIpc) is 2.19. The number of likely N-dealkylation sites (N-methyl/N-ethyl adjacent to an activating group) is 1. The van der Waals surface area contributed by atoms with Gasteiger partial charge in [-0.3, -0.25) is 14.5 Å². The fourth-order valence-corrected chi connectivity index (χ4v) is 1.99. The van der Waals surface area contributed by atoms with Crippen molar-refractivity contribution in [3.8, 4) is 0 Å². The lowest BCUT2D eigenvalue weighted by Crippen LogP contribution is -2.51. The molecule has 1 heterocycles. The highest BCUT2D eigenvalue weighted by molar-refractivity contribution is 5.67. The third kappa shape index (κ3) is 3.48. The van der Waals surface area contributed by atoms with Gasteiger partial charge in [0.15, 0.2) is 12.3 Å². The highest BCUT2D eigenvalue weighted by Crippen LogP contribution is 2.21. The molecule has 1 aliphatic heterocycles. The third-order valence-corrected chi connectivity index (χ3v) is 2.62. The molecule has 5 heteroatoms. The molecule has 0 radical (unpaired) electrons. The maximum Gasteiger partial charge on any atom is 0.304 e. The second kappa shape index (κ2) is 5.84. The normalized spacial score (nSPS) is 26.2. The number of esters is 2. The highest BCUT2D eigenvalue weighted by Gasteiger charge is 2.35. The Bertz CT molecular complexity index is 267. The van der Waals surface area contributed by atoms with Crippen molar-refractivity contribution in [3.63, 3.8) is 0 Å². The fraction of sp³-hybridized carbons (Fsp3) is 0.818. The zero-order valence-corrected chi connectivity index (χ0v) is 10.1. The maximum atomic E-state index is 11.0. The number of ether oxygens (including phenoxy) is 2. The van der Waals surface area contributed by atoms with Crippen molar-refractivity contribution < 1.29 is 19.1 Å². The Balaban J connectivity index is 2.69. The molecule has 0 aromatic rings. The van der Waals surface area contributed by atoms with Gasteiger partial charge in [-0.15, -0.1) is 0 Å². The predicted molar refractivity (Wildman–Crippen MR) is 57.6 cm³/mol. The van der Waals surface area contributed by atoms with Gasteiger partial charge in [0.2, 0.25) is 0 Å². The van der Waals surface area contributed by atoms with Crippen molar-refractivity contribution >= 4 is 11.9 Å². The Hall–Kier alpha value is -1.10. The van der Waals surface area contributed by atoms with Gasteiger partial charge in [-0.25, -0.2) is 0 Å². The van der Waals surface area contributed by atoms with E-state index in [4.69, 9.17) is 9.47 Å². The summed E-state index contributed by atoms with van der Waals surface area (Å²) in [5, 5.41) is 0. The molecule has 92 valence electrons. The minimum Gasteiger partial charge on any atom is -0.457 e. The number of hydrogen-bond donors (Lipinski definition) is 0. The first-order valence-electron chi connectivity index (χ1n) is 5.63. The predicted octanol–water partition coefficient (Wildman–Crippen LogP) is 0.923. The topological polar surface area (TPSA) is 55.8 Å². The molecule has 0 saturated carbocycles. The number of hydrogen-bond acceptors (Lipinski definition) is 5. The van der Waals surface area contributed by atoms with Crippen molar-refractivity contribution in [2.75, 3.05) is 13.1 Å². The molecule has 1 rings (SSSR count).